The second kappa shape index (κ2) is 11.2. The molecule has 41 heavy (non-hydrogen) atoms. The molecule has 0 unspecified atom stereocenters. The molecule has 0 spiro atoms. The first-order valence-electron chi connectivity index (χ1n) is 13.8. The summed E-state index contributed by atoms with van der Waals surface area (Å²) in [5.41, 5.74) is 1.20. The van der Waals surface area contributed by atoms with E-state index in [0.29, 0.717) is 19.5 Å². The van der Waals surface area contributed by atoms with Crippen LogP contribution < -0.4 is 15.4 Å². The number of carbonyl (C=O) groups is 1. The third-order valence-electron chi connectivity index (χ3n) is 7.94. The lowest BCUT2D eigenvalue weighted by Gasteiger charge is -2.53. The molecule has 1 amide bonds. The molecule has 2 fully saturated rings. The van der Waals surface area contributed by atoms with E-state index in [4.69, 9.17) is 14.0 Å². The van der Waals surface area contributed by atoms with E-state index < -0.39 is 12.1 Å². The number of ether oxygens (including phenoxy) is 3. The molecule has 6 rings (SSSR count). The standard InChI is InChI=1S/C29H31F3N4O5/c30-29(31,32)40-21-9-10-23-22(14-21)27(35-41-23)33-15-25(37)34-20-16-36(17-20)28(11-5-2-6-12-28)26-24(38-18-39-26)13-19-7-3-1-4-8-19/h1,3-4,7-10,14,20H,2,5-6,11-13,15-18H2,(H,33,35)(H,34,37). The van der Waals surface area contributed by atoms with E-state index in [9.17, 15) is 18.0 Å². The lowest BCUT2D eigenvalue weighted by atomic mass is 9.76. The average Bonchev–Trinajstić information content (AvgIpc) is 3.56. The number of halogens is 3. The van der Waals surface area contributed by atoms with Crippen molar-refractivity contribution in [2.45, 2.75) is 56.5 Å². The number of amides is 1. The Kier molecular flexibility index (Phi) is 7.41. The van der Waals surface area contributed by atoms with Crippen molar-refractivity contribution in [1.29, 1.82) is 0 Å². The maximum Gasteiger partial charge on any atom is 0.573 e. The lowest BCUT2D eigenvalue weighted by Crippen LogP contribution is -2.68. The predicted octanol–water partition coefficient (Wildman–Crippen LogP) is 5.10. The normalized spacial score (nSPS) is 19.4. The molecule has 0 atom stereocenters. The van der Waals surface area contributed by atoms with Gasteiger partial charge < -0.3 is 29.4 Å². The maximum atomic E-state index is 12.7. The summed E-state index contributed by atoms with van der Waals surface area (Å²) < 4.78 is 59.0. The van der Waals surface area contributed by atoms with Gasteiger partial charge in [-0.05, 0) is 36.6 Å². The molecule has 2 N–H and O–H groups in total. The minimum atomic E-state index is -4.82. The molecule has 3 aliphatic rings. The van der Waals surface area contributed by atoms with Crippen molar-refractivity contribution in [3.8, 4) is 5.75 Å². The molecule has 3 aromatic rings. The summed E-state index contributed by atoms with van der Waals surface area (Å²) in [6, 6.07) is 13.8. The molecule has 2 aromatic carbocycles. The summed E-state index contributed by atoms with van der Waals surface area (Å²) in [5.74, 6) is 1.33. The largest absolute Gasteiger partial charge is 0.573 e. The highest BCUT2D eigenvalue weighted by Crippen LogP contribution is 2.45. The minimum Gasteiger partial charge on any atom is -0.458 e. The number of aromatic nitrogens is 1. The van der Waals surface area contributed by atoms with Crippen molar-refractivity contribution >= 4 is 22.7 Å². The smallest absolute Gasteiger partial charge is 0.458 e. The fraction of sp³-hybridized carbons (Fsp3) is 0.448. The van der Waals surface area contributed by atoms with Gasteiger partial charge in [-0.25, -0.2) is 0 Å². The van der Waals surface area contributed by atoms with Gasteiger partial charge in [0.2, 0.25) is 12.7 Å². The Balaban J connectivity index is 1.07. The molecule has 2 aliphatic heterocycles. The van der Waals surface area contributed by atoms with Crippen LogP contribution in [-0.2, 0) is 20.7 Å². The van der Waals surface area contributed by atoms with E-state index >= 15 is 0 Å². The number of rotatable bonds is 9. The zero-order valence-corrected chi connectivity index (χ0v) is 22.3. The van der Waals surface area contributed by atoms with Crippen LogP contribution in [0.15, 0.2) is 64.6 Å². The van der Waals surface area contributed by atoms with Gasteiger partial charge in [-0.1, -0.05) is 54.8 Å². The van der Waals surface area contributed by atoms with Gasteiger partial charge in [-0.2, -0.15) is 0 Å². The Morgan fingerprint density at radius 3 is 2.61 bits per heavy atom. The summed E-state index contributed by atoms with van der Waals surface area (Å²) >= 11 is 0. The highest BCUT2D eigenvalue weighted by molar-refractivity contribution is 5.91. The molecule has 1 aliphatic carbocycles. The van der Waals surface area contributed by atoms with Crippen molar-refractivity contribution in [3.63, 3.8) is 0 Å². The second-order valence-corrected chi connectivity index (χ2v) is 10.7. The number of anilines is 1. The van der Waals surface area contributed by atoms with Crippen LogP contribution >= 0.6 is 0 Å². The van der Waals surface area contributed by atoms with Gasteiger partial charge in [0, 0.05) is 19.5 Å². The van der Waals surface area contributed by atoms with Gasteiger partial charge in [-0.15, -0.1) is 13.2 Å². The van der Waals surface area contributed by atoms with Crippen LogP contribution in [0.25, 0.3) is 11.0 Å². The van der Waals surface area contributed by atoms with E-state index in [1.807, 2.05) is 18.2 Å². The molecule has 12 heteroatoms. The van der Waals surface area contributed by atoms with Gasteiger partial charge in [0.1, 0.15) is 11.5 Å². The number of allylic oxidation sites excluding steroid dienone is 1. The third-order valence-corrected chi connectivity index (χ3v) is 7.94. The lowest BCUT2D eigenvalue weighted by molar-refractivity contribution is -0.274. The zero-order valence-electron chi connectivity index (χ0n) is 22.3. The van der Waals surface area contributed by atoms with Crippen LogP contribution in [0.3, 0.4) is 0 Å². The summed E-state index contributed by atoms with van der Waals surface area (Å²) in [6.07, 6.45) is 1.20. The Bertz CT molecular complexity index is 1410. The first-order valence-corrected chi connectivity index (χ1v) is 13.8. The predicted molar refractivity (Wildman–Crippen MR) is 143 cm³/mol. The summed E-state index contributed by atoms with van der Waals surface area (Å²) in [7, 11) is 0. The average molecular weight is 573 g/mol. The number of hydrogen-bond donors (Lipinski definition) is 2. The molecule has 1 saturated carbocycles. The summed E-state index contributed by atoms with van der Waals surface area (Å²) in [4.78, 5) is 15.1. The highest BCUT2D eigenvalue weighted by Gasteiger charge is 2.50. The van der Waals surface area contributed by atoms with Crippen LogP contribution in [0, 0.1) is 0 Å². The van der Waals surface area contributed by atoms with Crippen molar-refractivity contribution in [3.05, 3.63) is 65.6 Å². The fourth-order valence-corrected chi connectivity index (χ4v) is 6.04. The van der Waals surface area contributed by atoms with E-state index in [1.165, 1.54) is 24.1 Å². The number of hydrogen-bond acceptors (Lipinski definition) is 8. The number of benzene rings is 2. The molecule has 218 valence electrons. The van der Waals surface area contributed by atoms with Crippen molar-refractivity contribution in [1.82, 2.24) is 15.4 Å². The Labute approximate surface area is 234 Å². The Hall–Kier alpha value is -3.93. The molecule has 1 aromatic heterocycles. The fourth-order valence-electron chi connectivity index (χ4n) is 6.04. The highest BCUT2D eigenvalue weighted by atomic mass is 19.4. The first-order chi connectivity index (χ1) is 19.8. The molecular weight excluding hydrogens is 541 g/mol. The van der Waals surface area contributed by atoms with E-state index in [0.717, 1.165) is 43.3 Å². The number of alkyl halides is 3. The van der Waals surface area contributed by atoms with E-state index in [1.54, 1.807) is 0 Å². The monoisotopic (exact) mass is 572 g/mol. The van der Waals surface area contributed by atoms with Gasteiger partial charge >= 0.3 is 6.36 Å². The zero-order chi connectivity index (χ0) is 28.5. The Morgan fingerprint density at radius 2 is 1.85 bits per heavy atom. The third kappa shape index (κ3) is 5.92. The maximum absolute atomic E-state index is 12.7. The first kappa shape index (κ1) is 27.3. The van der Waals surface area contributed by atoms with Gasteiger partial charge in [0.05, 0.1) is 23.5 Å². The van der Waals surface area contributed by atoms with Crippen molar-refractivity contribution < 1.29 is 36.7 Å². The SMILES string of the molecule is O=C(CNc1noc2ccc(OC(F)(F)F)cc12)NC1CN(C2(C3=C(Cc4ccccc4)OCO3)CCCCC2)C1. The summed E-state index contributed by atoms with van der Waals surface area (Å²) in [5, 5.41) is 10.0. The molecule has 1 saturated heterocycles. The van der Waals surface area contributed by atoms with Gasteiger partial charge in [-0.3, -0.25) is 9.69 Å². The van der Waals surface area contributed by atoms with Crippen molar-refractivity contribution in [2.24, 2.45) is 0 Å². The Morgan fingerprint density at radius 1 is 1.07 bits per heavy atom. The molecule has 9 nitrogen and oxygen atoms in total. The van der Waals surface area contributed by atoms with Gasteiger partial charge in [0.25, 0.3) is 0 Å². The number of nitrogens with one attached hydrogen (secondary N) is 2. The molecule has 0 bridgehead atoms. The van der Waals surface area contributed by atoms with Crippen LogP contribution in [0.5, 0.6) is 5.75 Å². The number of carbonyl (C=O) groups excluding carboxylic acids is 1. The number of likely N-dealkylation sites (tertiary alicyclic amines) is 1. The topological polar surface area (TPSA) is 98.1 Å². The second-order valence-electron chi connectivity index (χ2n) is 10.7. The summed E-state index contributed by atoms with van der Waals surface area (Å²) in [6.45, 7) is 1.47. The number of nitrogens with zero attached hydrogens (tertiary/aromatic N) is 2. The number of fused-ring (bicyclic) bond motifs is 1. The quantitative estimate of drug-likeness (QED) is 0.366. The van der Waals surface area contributed by atoms with Crippen molar-refractivity contribution in [2.75, 3.05) is 31.7 Å². The van der Waals surface area contributed by atoms with Crippen LogP contribution in [-0.4, -0.2) is 60.3 Å². The minimum absolute atomic E-state index is 0.0376. The molecular formula is C29H31F3N4O5. The molecule has 3 heterocycles. The van der Waals surface area contributed by atoms with Crippen LogP contribution in [0.2, 0.25) is 0 Å². The van der Waals surface area contributed by atoms with Crippen LogP contribution in [0.1, 0.15) is 37.7 Å². The van der Waals surface area contributed by atoms with Gasteiger partial charge in [0.15, 0.2) is 17.2 Å². The van der Waals surface area contributed by atoms with Crippen LogP contribution in [0.4, 0.5) is 19.0 Å². The molecule has 0 radical (unpaired) electrons. The van der Waals surface area contributed by atoms with E-state index in [2.05, 4.69) is 37.6 Å². The van der Waals surface area contributed by atoms with E-state index in [-0.39, 0.29) is 47.6 Å².